The molecule has 0 radical (unpaired) electrons. The number of Topliss-reactive ketones (excluding diaryl/α,β-unsaturated/α-hetero) is 1. The van der Waals surface area contributed by atoms with Gasteiger partial charge in [-0.2, -0.15) is 0 Å². The fourth-order valence-electron chi connectivity index (χ4n) is 1.80. The molecule has 0 unspecified atom stereocenters. The maximum Gasteiger partial charge on any atom is 0.296 e. The average molecular weight is 350 g/mol. The Labute approximate surface area is 127 Å². The van der Waals surface area contributed by atoms with Gasteiger partial charge in [0.25, 0.3) is 11.7 Å². The summed E-state index contributed by atoms with van der Waals surface area (Å²) in [6.45, 7) is 1.89. The van der Waals surface area contributed by atoms with Gasteiger partial charge in [-0.3, -0.25) is 9.59 Å². The van der Waals surface area contributed by atoms with Gasteiger partial charge in [0, 0.05) is 21.3 Å². The average Bonchev–Trinajstić information content (AvgIpc) is 2.66. The van der Waals surface area contributed by atoms with Crippen LogP contribution in [0, 0.1) is 6.92 Å². The second-order valence-corrected chi connectivity index (χ2v) is 6.06. The van der Waals surface area contributed by atoms with Crippen LogP contribution in [0.2, 0.25) is 0 Å². The number of hydrogen-bond acceptors (Lipinski definition) is 5. The van der Waals surface area contributed by atoms with Crippen molar-refractivity contribution < 1.29 is 9.59 Å². The number of anilines is 1. The van der Waals surface area contributed by atoms with Crippen molar-refractivity contribution in [2.24, 2.45) is 0 Å². The molecule has 5 nitrogen and oxygen atoms in total. The molecule has 1 aromatic heterocycles. The van der Waals surface area contributed by atoms with Crippen LogP contribution in [0.25, 0.3) is 0 Å². The molecule has 7 heteroatoms. The van der Waals surface area contributed by atoms with Crippen molar-refractivity contribution in [1.29, 1.82) is 0 Å². The lowest BCUT2D eigenvalue weighted by atomic mass is 10.1. The summed E-state index contributed by atoms with van der Waals surface area (Å²) in [5.41, 5.74) is 1.79. The van der Waals surface area contributed by atoms with Crippen molar-refractivity contribution in [1.82, 2.24) is 9.97 Å². The summed E-state index contributed by atoms with van der Waals surface area (Å²) in [7, 11) is 0. The second-order valence-electron chi connectivity index (χ2n) is 4.19. The van der Waals surface area contributed by atoms with E-state index >= 15 is 0 Å². The largest absolute Gasteiger partial charge is 0.318 e. The third-order valence-corrected chi connectivity index (χ3v) is 4.60. The molecule has 0 aliphatic carbocycles. The number of aromatic nitrogens is 2. The Morgan fingerprint density at radius 3 is 2.85 bits per heavy atom. The van der Waals surface area contributed by atoms with Gasteiger partial charge >= 0.3 is 0 Å². The van der Waals surface area contributed by atoms with Crippen LogP contribution >= 0.6 is 27.7 Å². The SMILES string of the molecule is Cc1ccnc(Sc2cc3c(cc2Br)C(=O)C(=O)N3)n1. The van der Waals surface area contributed by atoms with Gasteiger partial charge in [0.15, 0.2) is 5.16 Å². The van der Waals surface area contributed by atoms with Crippen molar-refractivity contribution in [3.8, 4) is 0 Å². The Balaban J connectivity index is 1.98. The molecule has 0 fully saturated rings. The number of hydrogen-bond donors (Lipinski definition) is 1. The Kier molecular flexibility index (Phi) is 3.31. The number of benzene rings is 1. The van der Waals surface area contributed by atoms with Gasteiger partial charge < -0.3 is 5.32 Å². The highest BCUT2D eigenvalue weighted by molar-refractivity contribution is 9.10. The van der Waals surface area contributed by atoms with Gasteiger partial charge in [0.2, 0.25) is 0 Å². The normalized spacial score (nSPS) is 13.3. The van der Waals surface area contributed by atoms with E-state index in [0.717, 1.165) is 15.1 Å². The molecule has 0 bridgehead atoms. The molecule has 0 saturated carbocycles. The highest BCUT2D eigenvalue weighted by atomic mass is 79.9. The van der Waals surface area contributed by atoms with Crippen LogP contribution in [0.4, 0.5) is 5.69 Å². The number of aryl methyl sites for hydroxylation is 1. The fourth-order valence-corrected chi connectivity index (χ4v) is 3.22. The monoisotopic (exact) mass is 349 g/mol. The summed E-state index contributed by atoms with van der Waals surface area (Å²) in [5.74, 6) is -1.11. The van der Waals surface area contributed by atoms with Crippen LogP contribution in [0.3, 0.4) is 0 Å². The van der Waals surface area contributed by atoms with E-state index in [1.807, 2.05) is 13.0 Å². The van der Waals surface area contributed by atoms with E-state index in [1.165, 1.54) is 11.8 Å². The third-order valence-electron chi connectivity index (χ3n) is 2.75. The zero-order valence-corrected chi connectivity index (χ0v) is 12.7. The van der Waals surface area contributed by atoms with Crippen LogP contribution in [0.15, 0.2) is 38.9 Å². The lowest BCUT2D eigenvalue weighted by Crippen LogP contribution is -2.12. The summed E-state index contributed by atoms with van der Waals surface area (Å²) >= 11 is 4.77. The highest BCUT2D eigenvalue weighted by Crippen LogP contribution is 2.37. The number of halogens is 1. The molecule has 3 rings (SSSR count). The number of nitrogens with zero attached hydrogens (tertiary/aromatic N) is 2. The number of ketones is 1. The number of amides is 1. The van der Waals surface area contributed by atoms with Crippen molar-refractivity contribution in [2.45, 2.75) is 17.0 Å². The highest BCUT2D eigenvalue weighted by Gasteiger charge is 2.29. The Hall–Kier alpha value is -1.73. The standard InChI is InChI=1S/C13H8BrN3O2S/c1-6-2-3-15-13(16-6)20-10-5-9-7(4-8(10)14)11(18)12(19)17-9/h2-5H,1H3,(H,17,18,19). The molecule has 1 aliphatic heterocycles. The first-order valence-corrected chi connectivity index (χ1v) is 7.32. The number of rotatable bonds is 2. The van der Waals surface area contributed by atoms with E-state index < -0.39 is 11.7 Å². The van der Waals surface area contributed by atoms with Crippen LogP contribution in [0.1, 0.15) is 16.1 Å². The van der Waals surface area contributed by atoms with Gasteiger partial charge in [0.1, 0.15) is 0 Å². The minimum atomic E-state index is -0.596. The summed E-state index contributed by atoms with van der Waals surface area (Å²) in [5, 5.41) is 3.16. The first-order chi connectivity index (χ1) is 9.54. The molecule has 20 heavy (non-hydrogen) atoms. The van der Waals surface area contributed by atoms with E-state index in [1.54, 1.807) is 18.3 Å². The molecule has 2 aromatic rings. The Morgan fingerprint density at radius 2 is 2.10 bits per heavy atom. The fraction of sp³-hybridized carbons (Fsp3) is 0.0769. The first kappa shape index (κ1) is 13.3. The van der Waals surface area contributed by atoms with Crippen LogP contribution in [-0.4, -0.2) is 21.7 Å². The van der Waals surface area contributed by atoms with Gasteiger partial charge in [-0.25, -0.2) is 9.97 Å². The second kappa shape index (κ2) is 4.99. The van der Waals surface area contributed by atoms with E-state index in [2.05, 4.69) is 31.2 Å². The number of nitrogens with one attached hydrogen (secondary N) is 1. The van der Waals surface area contributed by atoms with E-state index in [0.29, 0.717) is 16.4 Å². The number of fused-ring (bicyclic) bond motifs is 1. The number of carbonyl (C=O) groups excluding carboxylic acids is 2. The van der Waals surface area contributed by atoms with Gasteiger partial charge in [-0.1, -0.05) is 0 Å². The Bertz CT molecular complexity index is 748. The van der Waals surface area contributed by atoms with Crippen LogP contribution in [0.5, 0.6) is 0 Å². The predicted octanol–water partition coefficient (Wildman–Crippen LogP) is 2.83. The summed E-state index contributed by atoms with van der Waals surface area (Å²) < 4.78 is 0.733. The zero-order chi connectivity index (χ0) is 14.3. The molecule has 1 aromatic carbocycles. The molecule has 1 N–H and O–H groups in total. The molecular weight excluding hydrogens is 342 g/mol. The zero-order valence-electron chi connectivity index (χ0n) is 10.3. The maximum atomic E-state index is 11.6. The molecular formula is C13H8BrN3O2S. The summed E-state index contributed by atoms with van der Waals surface area (Å²) in [6.07, 6.45) is 1.69. The molecule has 1 amide bonds. The molecule has 100 valence electrons. The molecule has 0 atom stereocenters. The predicted molar refractivity (Wildman–Crippen MR) is 78.0 cm³/mol. The van der Waals surface area contributed by atoms with E-state index in [-0.39, 0.29) is 0 Å². The molecule has 1 aliphatic rings. The molecule has 0 saturated heterocycles. The number of carbonyl (C=O) groups is 2. The summed E-state index contributed by atoms with van der Waals surface area (Å²) in [6, 6.07) is 5.22. The van der Waals surface area contributed by atoms with Gasteiger partial charge in [0.05, 0.1) is 11.3 Å². The Morgan fingerprint density at radius 1 is 1.30 bits per heavy atom. The third kappa shape index (κ3) is 2.34. The summed E-state index contributed by atoms with van der Waals surface area (Å²) in [4.78, 5) is 32.3. The van der Waals surface area contributed by atoms with Crippen molar-refractivity contribution in [3.05, 3.63) is 40.1 Å². The van der Waals surface area contributed by atoms with Crippen LogP contribution in [-0.2, 0) is 4.79 Å². The minimum Gasteiger partial charge on any atom is -0.318 e. The molecule has 2 heterocycles. The van der Waals surface area contributed by atoms with Crippen molar-refractivity contribution in [2.75, 3.05) is 5.32 Å². The lowest BCUT2D eigenvalue weighted by Gasteiger charge is -2.06. The quantitative estimate of drug-likeness (QED) is 0.666. The van der Waals surface area contributed by atoms with Crippen molar-refractivity contribution >= 4 is 45.1 Å². The molecule has 0 spiro atoms. The van der Waals surface area contributed by atoms with E-state index in [4.69, 9.17) is 0 Å². The lowest BCUT2D eigenvalue weighted by molar-refractivity contribution is -0.112. The minimum absolute atomic E-state index is 0.386. The van der Waals surface area contributed by atoms with Crippen LogP contribution < -0.4 is 5.32 Å². The van der Waals surface area contributed by atoms with E-state index in [9.17, 15) is 9.59 Å². The van der Waals surface area contributed by atoms with Crippen molar-refractivity contribution in [3.63, 3.8) is 0 Å². The van der Waals surface area contributed by atoms with Gasteiger partial charge in [-0.05, 0) is 52.8 Å². The van der Waals surface area contributed by atoms with Gasteiger partial charge in [-0.15, -0.1) is 0 Å². The maximum absolute atomic E-state index is 11.6. The first-order valence-electron chi connectivity index (χ1n) is 5.71. The smallest absolute Gasteiger partial charge is 0.296 e. The topological polar surface area (TPSA) is 72.0 Å².